The predicted octanol–water partition coefficient (Wildman–Crippen LogP) is 2.45. The number of fused-ring (bicyclic) bond motifs is 1. The molecule has 1 aliphatic heterocycles. The number of hydrogen-bond acceptors (Lipinski definition) is 4. The normalized spacial score (nSPS) is 18.4. The minimum atomic E-state index is -0.886. The summed E-state index contributed by atoms with van der Waals surface area (Å²) in [6.45, 7) is 0.994. The Morgan fingerprint density at radius 1 is 1.50 bits per heavy atom. The zero-order chi connectivity index (χ0) is 14.1. The standard InChI is InChI=1S/C13H13ClN4O2/c14-9-1-2-11-8(5-9)6-15-12(17-11)16-10-3-4-18(7-10)13(19)20/h1-2,5-6,10H,3-4,7H2,(H,19,20)(H,15,16,17)/t10-/m0/s1. The summed E-state index contributed by atoms with van der Waals surface area (Å²) in [6.07, 6.45) is 1.58. The quantitative estimate of drug-likeness (QED) is 0.889. The highest BCUT2D eigenvalue weighted by Crippen LogP contribution is 2.19. The molecule has 3 rings (SSSR count). The number of anilines is 1. The van der Waals surface area contributed by atoms with E-state index in [0.29, 0.717) is 24.1 Å². The van der Waals surface area contributed by atoms with Gasteiger partial charge in [-0.05, 0) is 24.6 Å². The van der Waals surface area contributed by atoms with E-state index in [0.717, 1.165) is 17.3 Å². The first-order chi connectivity index (χ1) is 9.61. The topological polar surface area (TPSA) is 78.4 Å². The van der Waals surface area contributed by atoms with E-state index < -0.39 is 6.09 Å². The van der Waals surface area contributed by atoms with Gasteiger partial charge in [0.15, 0.2) is 0 Å². The van der Waals surface area contributed by atoms with E-state index in [1.54, 1.807) is 12.3 Å². The molecular weight excluding hydrogens is 280 g/mol. The Morgan fingerprint density at radius 2 is 2.35 bits per heavy atom. The molecule has 104 valence electrons. The number of carboxylic acid groups (broad SMARTS) is 1. The van der Waals surface area contributed by atoms with Gasteiger partial charge < -0.3 is 15.3 Å². The van der Waals surface area contributed by atoms with Gasteiger partial charge in [0.1, 0.15) is 0 Å². The molecular formula is C13H13ClN4O2. The van der Waals surface area contributed by atoms with Gasteiger partial charge in [0.2, 0.25) is 5.95 Å². The number of aromatic nitrogens is 2. The SMILES string of the molecule is O=C(O)N1CC[C@H](Nc2ncc3cc(Cl)ccc3n2)C1. The third kappa shape index (κ3) is 2.60. The van der Waals surface area contributed by atoms with Gasteiger partial charge in [0.05, 0.1) is 5.52 Å². The average molecular weight is 293 g/mol. The second kappa shape index (κ2) is 5.13. The summed E-state index contributed by atoms with van der Waals surface area (Å²) < 4.78 is 0. The lowest BCUT2D eigenvalue weighted by molar-refractivity contribution is 0.155. The van der Waals surface area contributed by atoms with E-state index in [4.69, 9.17) is 16.7 Å². The molecule has 1 aromatic heterocycles. The molecule has 0 spiro atoms. The van der Waals surface area contributed by atoms with Crippen LogP contribution < -0.4 is 5.32 Å². The molecule has 1 saturated heterocycles. The first-order valence-electron chi connectivity index (χ1n) is 6.28. The van der Waals surface area contributed by atoms with E-state index in [9.17, 15) is 4.79 Å². The van der Waals surface area contributed by atoms with Gasteiger partial charge in [-0.2, -0.15) is 0 Å². The molecule has 0 aliphatic carbocycles. The Kier molecular flexibility index (Phi) is 3.31. The summed E-state index contributed by atoms with van der Waals surface area (Å²) in [5.74, 6) is 0.511. The molecule has 1 aliphatic rings. The number of rotatable bonds is 2. The Balaban J connectivity index is 1.75. The van der Waals surface area contributed by atoms with E-state index in [2.05, 4.69) is 15.3 Å². The molecule has 2 heterocycles. The Bertz CT molecular complexity index is 664. The summed E-state index contributed by atoms with van der Waals surface area (Å²) in [6, 6.07) is 5.48. The van der Waals surface area contributed by atoms with Crippen LogP contribution >= 0.6 is 11.6 Å². The fraction of sp³-hybridized carbons (Fsp3) is 0.308. The summed E-state index contributed by atoms with van der Waals surface area (Å²) in [7, 11) is 0. The third-order valence-electron chi connectivity index (χ3n) is 3.33. The van der Waals surface area contributed by atoms with Crippen LogP contribution in [0.4, 0.5) is 10.7 Å². The largest absolute Gasteiger partial charge is 0.465 e. The molecule has 0 unspecified atom stereocenters. The number of nitrogens with zero attached hydrogens (tertiary/aromatic N) is 3. The van der Waals surface area contributed by atoms with Gasteiger partial charge >= 0.3 is 6.09 Å². The molecule has 0 radical (unpaired) electrons. The number of benzene rings is 1. The maximum atomic E-state index is 10.9. The Labute approximate surface area is 120 Å². The smallest absolute Gasteiger partial charge is 0.407 e. The first-order valence-corrected chi connectivity index (χ1v) is 6.66. The second-order valence-corrected chi connectivity index (χ2v) is 5.19. The minimum absolute atomic E-state index is 0.0517. The van der Waals surface area contributed by atoms with Gasteiger partial charge in [0, 0.05) is 35.7 Å². The third-order valence-corrected chi connectivity index (χ3v) is 3.57. The molecule has 6 nitrogen and oxygen atoms in total. The fourth-order valence-electron chi connectivity index (χ4n) is 2.31. The van der Waals surface area contributed by atoms with E-state index in [1.807, 2.05) is 12.1 Å². The highest BCUT2D eigenvalue weighted by atomic mass is 35.5. The van der Waals surface area contributed by atoms with Crippen LogP contribution in [-0.2, 0) is 0 Å². The van der Waals surface area contributed by atoms with Crippen molar-refractivity contribution in [3.05, 3.63) is 29.4 Å². The van der Waals surface area contributed by atoms with Crippen molar-refractivity contribution in [1.29, 1.82) is 0 Å². The van der Waals surface area contributed by atoms with E-state index >= 15 is 0 Å². The van der Waals surface area contributed by atoms with Gasteiger partial charge in [-0.15, -0.1) is 0 Å². The van der Waals surface area contributed by atoms with Crippen molar-refractivity contribution < 1.29 is 9.90 Å². The monoisotopic (exact) mass is 292 g/mol. The van der Waals surface area contributed by atoms with Crippen LogP contribution in [0.25, 0.3) is 10.9 Å². The van der Waals surface area contributed by atoms with Gasteiger partial charge in [-0.3, -0.25) is 0 Å². The lowest BCUT2D eigenvalue weighted by atomic mass is 10.2. The molecule has 2 N–H and O–H groups in total. The zero-order valence-corrected chi connectivity index (χ0v) is 11.3. The maximum Gasteiger partial charge on any atom is 0.407 e. The number of nitrogens with one attached hydrogen (secondary N) is 1. The lowest BCUT2D eigenvalue weighted by Gasteiger charge is -2.13. The zero-order valence-electron chi connectivity index (χ0n) is 10.6. The van der Waals surface area contributed by atoms with Crippen LogP contribution in [-0.4, -0.2) is 45.2 Å². The van der Waals surface area contributed by atoms with Crippen molar-refractivity contribution in [2.75, 3.05) is 18.4 Å². The van der Waals surface area contributed by atoms with Crippen molar-refractivity contribution in [2.24, 2.45) is 0 Å². The Morgan fingerprint density at radius 3 is 3.10 bits per heavy atom. The highest BCUT2D eigenvalue weighted by Gasteiger charge is 2.26. The molecule has 1 aromatic carbocycles. The molecule has 1 atom stereocenters. The van der Waals surface area contributed by atoms with Crippen molar-refractivity contribution in [2.45, 2.75) is 12.5 Å². The Hall–Kier alpha value is -2.08. The van der Waals surface area contributed by atoms with Crippen LogP contribution in [0.3, 0.4) is 0 Å². The molecule has 1 fully saturated rings. The van der Waals surface area contributed by atoms with E-state index in [-0.39, 0.29) is 6.04 Å². The molecule has 7 heteroatoms. The number of halogens is 1. The minimum Gasteiger partial charge on any atom is -0.465 e. The van der Waals surface area contributed by atoms with Gasteiger partial charge in [-0.25, -0.2) is 14.8 Å². The summed E-state index contributed by atoms with van der Waals surface area (Å²) in [4.78, 5) is 20.9. The summed E-state index contributed by atoms with van der Waals surface area (Å²) in [5.41, 5.74) is 0.806. The number of hydrogen-bond donors (Lipinski definition) is 2. The molecule has 1 amide bonds. The van der Waals surface area contributed by atoms with Crippen LogP contribution in [0.1, 0.15) is 6.42 Å². The molecule has 2 aromatic rings. The van der Waals surface area contributed by atoms with Crippen LogP contribution in [0.2, 0.25) is 5.02 Å². The number of carbonyl (C=O) groups is 1. The second-order valence-electron chi connectivity index (χ2n) is 4.76. The first kappa shape index (κ1) is 12.9. The van der Waals surface area contributed by atoms with Crippen molar-refractivity contribution in [1.82, 2.24) is 14.9 Å². The van der Waals surface area contributed by atoms with Crippen LogP contribution in [0, 0.1) is 0 Å². The predicted molar refractivity (Wildman–Crippen MR) is 76.2 cm³/mol. The highest BCUT2D eigenvalue weighted by molar-refractivity contribution is 6.31. The molecule has 0 bridgehead atoms. The average Bonchev–Trinajstić information content (AvgIpc) is 2.88. The van der Waals surface area contributed by atoms with Crippen molar-refractivity contribution in [3.63, 3.8) is 0 Å². The van der Waals surface area contributed by atoms with Crippen LogP contribution in [0.15, 0.2) is 24.4 Å². The van der Waals surface area contributed by atoms with Gasteiger partial charge in [0.25, 0.3) is 0 Å². The summed E-state index contributed by atoms with van der Waals surface area (Å²) in [5, 5.41) is 13.6. The summed E-state index contributed by atoms with van der Waals surface area (Å²) >= 11 is 5.91. The van der Waals surface area contributed by atoms with Crippen LogP contribution in [0.5, 0.6) is 0 Å². The lowest BCUT2D eigenvalue weighted by Crippen LogP contribution is -2.30. The fourth-order valence-corrected chi connectivity index (χ4v) is 2.49. The van der Waals surface area contributed by atoms with E-state index in [1.165, 1.54) is 4.90 Å². The molecule has 0 saturated carbocycles. The van der Waals surface area contributed by atoms with Crippen molar-refractivity contribution in [3.8, 4) is 0 Å². The molecule has 20 heavy (non-hydrogen) atoms. The maximum absolute atomic E-state index is 10.9. The van der Waals surface area contributed by atoms with Gasteiger partial charge in [-0.1, -0.05) is 11.6 Å². The van der Waals surface area contributed by atoms with Crippen molar-refractivity contribution >= 4 is 34.5 Å². The number of amides is 1. The number of likely N-dealkylation sites (tertiary alicyclic amines) is 1.